The van der Waals surface area contributed by atoms with Gasteiger partial charge in [0.15, 0.2) is 0 Å². The SMILES string of the molecule is CCCOCC/C=C\C1CCN(C)CC1. The van der Waals surface area contributed by atoms with Gasteiger partial charge in [-0.3, -0.25) is 0 Å². The predicted octanol–water partition coefficient (Wildman–Crippen LogP) is 2.70. The van der Waals surface area contributed by atoms with Crippen LogP contribution in [0.15, 0.2) is 12.2 Å². The molecule has 0 radical (unpaired) electrons. The summed E-state index contributed by atoms with van der Waals surface area (Å²) in [6.45, 7) is 6.44. The zero-order valence-electron chi connectivity index (χ0n) is 10.2. The quantitative estimate of drug-likeness (QED) is 0.495. The van der Waals surface area contributed by atoms with Crippen molar-refractivity contribution in [1.29, 1.82) is 0 Å². The summed E-state index contributed by atoms with van der Waals surface area (Å²) < 4.78 is 5.43. The summed E-state index contributed by atoms with van der Waals surface area (Å²) in [7, 11) is 2.21. The van der Waals surface area contributed by atoms with E-state index in [1.807, 2.05) is 0 Å². The van der Waals surface area contributed by atoms with Gasteiger partial charge in [-0.05, 0) is 51.7 Å². The molecule has 0 saturated carbocycles. The largest absolute Gasteiger partial charge is 0.381 e. The van der Waals surface area contributed by atoms with Gasteiger partial charge >= 0.3 is 0 Å². The van der Waals surface area contributed by atoms with Crippen LogP contribution in [0.25, 0.3) is 0 Å². The highest BCUT2D eigenvalue weighted by Gasteiger charge is 2.13. The monoisotopic (exact) mass is 211 g/mol. The number of allylic oxidation sites excluding steroid dienone is 1. The molecule has 0 bridgehead atoms. The zero-order chi connectivity index (χ0) is 10.9. The second-order valence-corrected chi connectivity index (χ2v) is 4.47. The van der Waals surface area contributed by atoms with E-state index in [0.717, 1.165) is 32.0 Å². The van der Waals surface area contributed by atoms with E-state index in [1.165, 1.54) is 25.9 Å². The maximum atomic E-state index is 5.43. The Morgan fingerprint density at radius 2 is 2.00 bits per heavy atom. The van der Waals surface area contributed by atoms with Crippen molar-refractivity contribution >= 4 is 0 Å². The third-order valence-corrected chi connectivity index (χ3v) is 2.95. The molecule has 1 fully saturated rings. The van der Waals surface area contributed by atoms with E-state index in [9.17, 15) is 0 Å². The summed E-state index contributed by atoms with van der Waals surface area (Å²) in [5.41, 5.74) is 0. The normalized spacial score (nSPS) is 20.1. The van der Waals surface area contributed by atoms with E-state index in [1.54, 1.807) is 0 Å². The van der Waals surface area contributed by atoms with E-state index in [-0.39, 0.29) is 0 Å². The lowest BCUT2D eigenvalue weighted by Crippen LogP contribution is -2.29. The molecule has 1 rings (SSSR count). The number of nitrogens with zero attached hydrogens (tertiary/aromatic N) is 1. The van der Waals surface area contributed by atoms with Crippen molar-refractivity contribution in [1.82, 2.24) is 4.90 Å². The first kappa shape index (κ1) is 12.7. The zero-order valence-corrected chi connectivity index (χ0v) is 10.2. The third-order valence-electron chi connectivity index (χ3n) is 2.95. The molecule has 0 aromatic carbocycles. The molecule has 1 heterocycles. The van der Waals surface area contributed by atoms with Gasteiger partial charge < -0.3 is 9.64 Å². The Bertz CT molecular complexity index is 171. The van der Waals surface area contributed by atoms with Gasteiger partial charge in [-0.2, -0.15) is 0 Å². The van der Waals surface area contributed by atoms with Crippen LogP contribution in [0.3, 0.4) is 0 Å². The number of hydrogen-bond acceptors (Lipinski definition) is 2. The first-order chi connectivity index (χ1) is 7.33. The van der Waals surface area contributed by atoms with Crippen molar-refractivity contribution in [2.75, 3.05) is 33.4 Å². The topological polar surface area (TPSA) is 12.5 Å². The Morgan fingerprint density at radius 3 is 2.67 bits per heavy atom. The first-order valence-corrected chi connectivity index (χ1v) is 6.26. The molecule has 2 nitrogen and oxygen atoms in total. The van der Waals surface area contributed by atoms with E-state index >= 15 is 0 Å². The van der Waals surface area contributed by atoms with Gasteiger partial charge in [0.25, 0.3) is 0 Å². The van der Waals surface area contributed by atoms with Crippen molar-refractivity contribution in [3.05, 3.63) is 12.2 Å². The molecule has 2 heteroatoms. The fourth-order valence-corrected chi connectivity index (χ4v) is 1.91. The highest BCUT2D eigenvalue weighted by Crippen LogP contribution is 2.17. The molecule has 1 aliphatic heterocycles. The molecule has 1 saturated heterocycles. The molecular weight excluding hydrogens is 186 g/mol. The average molecular weight is 211 g/mol. The number of hydrogen-bond donors (Lipinski definition) is 0. The Kier molecular flexibility index (Phi) is 6.69. The minimum absolute atomic E-state index is 0.812. The predicted molar refractivity (Wildman–Crippen MR) is 65.1 cm³/mol. The lowest BCUT2D eigenvalue weighted by atomic mass is 9.96. The third kappa shape index (κ3) is 5.95. The molecule has 0 amide bonds. The van der Waals surface area contributed by atoms with Crippen LogP contribution in [0.5, 0.6) is 0 Å². The molecule has 15 heavy (non-hydrogen) atoms. The number of ether oxygens (including phenoxy) is 1. The molecule has 0 aromatic heterocycles. The van der Waals surface area contributed by atoms with Gasteiger partial charge in [-0.25, -0.2) is 0 Å². The Hall–Kier alpha value is -0.340. The van der Waals surface area contributed by atoms with Crippen LogP contribution in [0.2, 0.25) is 0 Å². The summed E-state index contributed by atoms with van der Waals surface area (Å²) in [4.78, 5) is 2.41. The maximum Gasteiger partial charge on any atom is 0.0500 e. The Balaban J connectivity index is 2.00. The molecule has 0 unspecified atom stereocenters. The fraction of sp³-hybridized carbons (Fsp3) is 0.846. The van der Waals surface area contributed by atoms with Crippen LogP contribution in [0, 0.1) is 5.92 Å². The van der Waals surface area contributed by atoms with Crippen molar-refractivity contribution in [3.8, 4) is 0 Å². The molecule has 0 N–H and O–H groups in total. The smallest absolute Gasteiger partial charge is 0.0500 e. The molecule has 0 spiro atoms. The lowest BCUT2D eigenvalue weighted by molar-refractivity contribution is 0.139. The lowest BCUT2D eigenvalue weighted by Gasteiger charge is -2.26. The van der Waals surface area contributed by atoms with Gasteiger partial charge in [0.2, 0.25) is 0 Å². The van der Waals surface area contributed by atoms with Crippen LogP contribution < -0.4 is 0 Å². The van der Waals surface area contributed by atoms with Crippen LogP contribution >= 0.6 is 0 Å². The van der Waals surface area contributed by atoms with E-state index in [2.05, 4.69) is 31.0 Å². The Labute approximate surface area is 94.3 Å². The van der Waals surface area contributed by atoms with Crippen LogP contribution in [-0.2, 0) is 4.74 Å². The highest BCUT2D eigenvalue weighted by molar-refractivity contribution is 4.90. The van der Waals surface area contributed by atoms with Crippen molar-refractivity contribution in [2.24, 2.45) is 5.92 Å². The minimum atomic E-state index is 0.812. The van der Waals surface area contributed by atoms with Crippen molar-refractivity contribution in [3.63, 3.8) is 0 Å². The molecule has 0 atom stereocenters. The second-order valence-electron chi connectivity index (χ2n) is 4.47. The Morgan fingerprint density at radius 1 is 1.27 bits per heavy atom. The van der Waals surface area contributed by atoms with Gasteiger partial charge in [0.1, 0.15) is 0 Å². The van der Waals surface area contributed by atoms with Crippen molar-refractivity contribution in [2.45, 2.75) is 32.6 Å². The number of rotatable bonds is 6. The number of piperidine rings is 1. The molecular formula is C13H25NO. The molecule has 0 aromatic rings. The first-order valence-electron chi connectivity index (χ1n) is 6.26. The summed E-state index contributed by atoms with van der Waals surface area (Å²) >= 11 is 0. The van der Waals surface area contributed by atoms with Crippen LogP contribution in [0.4, 0.5) is 0 Å². The fourth-order valence-electron chi connectivity index (χ4n) is 1.91. The summed E-state index contributed by atoms with van der Waals surface area (Å²) in [5, 5.41) is 0. The van der Waals surface area contributed by atoms with Gasteiger partial charge in [0.05, 0.1) is 6.61 Å². The summed E-state index contributed by atoms with van der Waals surface area (Å²) in [5.74, 6) is 0.812. The average Bonchev–Trinajstić information content (AvgIpc) is 2.26. The molecule has 0 aliphatic carbocycles. The van der Waals surface area contributed by atoms with E-state index in [0.29, 0.717) is 0 Å². The highest BCUT2D eigenvalue weighted by atomic mass is 16.5. The minimum Gasteiger partial charge on any atom is -0.381 e. The standard InChI is InChI=1S/C13H25NO/c1-3-11-15-12-5-4-6-13-7-9-14(2)10-8-13/h4,6,13H,3,5,7-12H2,1-2H3/b6-4-. The van der Waals surface area contributed by atoms with Crippen LogP contribution in [-0.4, -0.2) is 38.3 Å². The van der Waals surface area contributed by atoms with E-state index in [4.69, 9.17) is 4.74 Å². The van der Waals surface area contributed by atoms with E-state index < -0.39 is 0 Å². The maximum absolute atomic E-state index is 5.43. The summed E-state index contributed by atoms with van der Waals surface area (Å²) in [6.07, 6.45) is 9.53. The summed E-state index contributed by atoms with van der Waals surface area (Å²) in [6, 6.07) is 0. The van der Waals surface area contributed by atoms with Gasteiger partial charge in [-0.15, -0.1) is 0 Å². The van der Waals surface area contributed by atoms with Gasteiger partial charge in [0, 0.05) is 6.61 Å². The molecule has 88 valence electrons. The number of likely N-dealkylation sites (tertiary alicyclic amines) is 1. The second kappa shape index (κ2) is 7.89. The van der Waals surface area contributed by atoms with Gasteiger partial charge in [-0.1, -0.05) is 19.1 Å². The van der Waals surface area contributed by atoms with Crippen molar-refractivity contribution < 1.29 is 4.74 Å². The molecule has 1 aliphatic rings. The van der Waals surface area contributed by atoms with Crippen LogP contribution in [0.1, 0.15) is 32.6 Å².